The molecule has 0 saturated heterocycles. The average molecular weight is 293 g/mol. The fourth-order valence-corrected chi connectivity index (χ4v) is 1.67. The van der Waals surface area contributed by atoms with Gasteiger partial charge in [0, 0.05) is 12.0 Å². The van der Waals surface area contributed by atoms with Gasteiger partial charge in [-0.3, -0.25) is 0 Å². The van der Waals surface area contributed by atoms with E-state index in [9.17, 15) is 21.6 Å². The van der Waals surface area contributed by atoms with E-state index in [1.54, 1.807) is 13.8 Å². The van der Waals surface area contributed by atoms with Crippen LogP contribution in [0.4, 0.5) is 13.2 Å². The minimum atomic E-state index is -4.60. The van der Waals surface area contributed by atoms with Crippen LogP contribution in [0.3, 0.4) is 0 Å². The summed E-state index contributed by atoms with van der Waals surface area (Å²) in [4.78, 5) is 0.0658. The van der Waals surface area contributed by atoms with Crippen molar-refractivity contribution < 1.29 is 21.6 Å². The van der Waals surface area contributed by atoms with Gasteiger partial charge in [0.2, 0.25) is 0 Å². The lowest BCUT2D eigenvalue weighted by atomic mass is 9.94. The Bertz CT molecular complexity index is 378. The van der Waals surface area contributed by atoms with Gasteiger partial charge in [0.15, 0.2) is 0 Å². The third-order valence-corrected chi connectivity index (χ3v) is 3.44. The molecule has 0 amide bonds. The van der Waals surface area contributed by atoms with E-state index in [4.69, 9.17) is 5.73 Å². The molecule has 0 aromatic rings. The second-order valence-corrected chi connectivity index (χ2v) is 6.03. The molecule has 10 heteroatoms. The maximum absolute atomic E-state index is 11.8. The molecule has 0 aliphatic rings. The lowest BCUT2D eigenvalue weighted by Crippen LogP contribution is -2.47. The molecule has 5 nitrogen and oxygen atoms in total. The molecule has 102 valence electrons. The van der Waals surface area contributed by atoms with Crippen molar-refractivity contribution in [3.8, 4) is 0 Å². The van der Waals surface area contributed by atoms with E-state index in [1.807, 2.05) is 4.72 Å². The largest absolute Gasteiger partial charge is 0.402 e. The van der Waals surface area contributed by atoms with Gasteiger partial charge in [-0.2, -0.15) is 26.3 Å². The summed E-state index contributed by atoms with van der Waals surface area (Å²) in [5.74, 6) is 0. The van der Waals surface area contributed by atoms with Gasteiger partial charge in [-0.1, -0.05) is 26.1 Å². The smallest absolute Gasteiger partial charge is 0.393 e. The highest BCUT2D eigenvalue weighted by Gasteiger charge is 2.30. The van der Waals surface area contributed by atoms with E-state index in [0.29, 0.717) is 0 Å². The molecule has 4 N–H and O–H groups in total. The Morgan fingerprint density at radius 3 is 2.00 bits per heavy atom. The first-order valence-electron chi connectivity index (χ1n) is 4.47. The lowest BCUT2D eigenvalue weighted by Gasteiger charge is -2.23. The molecular formula is C7H14F3N3O2S2. The molecule has 0 radical (unpaired) electrons. The molecule has 0 aliphatic carbocycles. The molecule has 0 heterocycles. The molecule has 0 rings (SSSR count). The number of halogens is 3. The van der Waals surface area contributed by atoms with Crippen LogP contribution in [0, 0.1) is 5.41 Å². The number of hydrogen-bond acceptors (Lipinski definition) is 3. The van der Waals surface area contributed by atoms with E-state index in [-0.39, 0.29) is 11.5 Å². The van der Waals surface area contributed by atoms with Crippen LogP contribution in [0.25, 0.3) is 0 Å². The highest BCUT2D eigenvalue weighted by atomic mass is 32.2. The van der Waals surface area contributed by atoms with Crippen molar-refractivity contribution in [1.29, 1.82) is 0 Å². The number of hydrogen-bond donors (Lipinski definition) is 3. The Labute approximate surface area is 103 Å². The second kappa shape index (κ2) is 5.46. The Hall–Kier alpha value is -0.450. The van der Waals surface area contributed by atoms with Crippen LogP contribution in [-0.2, 0) is 10.2 Å². The number of nitrogens with one attached hydrogen (secondary N) is 2. The fraction of sp³-hybridized carbons (Fsp3) is 0.857. The molecule has 0 atom stereocenters. The molecule has 0 fully saturated rings. The van der Waals surface area contributed by atoms with Crippen molar-refractivity contribution in [2.75, 3.05) is 13.1 Å². The number of alkyl halides is 3. The van der Waals surface area contributed by atoms with Crippen LogP contribution in [0.5, 0.6) is 0 Å². The van der Waals surface area contributed by atoms with Crippen LogP contribution in [0.2, 0.25) is 0 Å². The second-order valence-electron chi connectivity index (χ2n) is 4.01. The summed E-state index contributed by atoms with van der Waals surface area (Å²) < 4.78 is 61.0. The third-order valence-electron chi connectivity index (χ3n) is 1.83. The fourth-order valence-electron chi connectivity index (χ4n) is 0.590. The first-order valence-corrected chi connectivity index (χ1v) is 6.36. The first-order chi connectivity index (χ1) is 7.36. The zero-order valence-electron chi connectivity index (χ0n) is 9.26. The van der Waals surface area contributed by atoms with Crippen LogP contribution < -0.4 is 15.2 Å². The van der Waals surface area contributed by atoms with Crippen molar-refractivity contribution >= 4 is 27.4 Å². The van der Waals surface area contributed by atoms with E-state index in [0.717, 1.165) is 0 Å². The zero-order chi connectivity index (χ0) is 13.9. The highest BCUT2D eigenvalue weighted by molar-refractivity contribution is 7.87. The molecule has 0 aromatic heterocycles. The van der Waals surface area contributed by atoms with Crippen molar-refractivity contribution in [2.24, 2.45) is 11.1 Å². The van der Waals surface area contributed by atoms with Gasteiger partial charge in [0.05, 0.1) is 4.99 Å². The Morgan fingerprint density at radius 2 is 1.65 bits per heavy atom. The predicted molar refractivity (Wildman–Crippen MR) is 61.5 cm³/mol. The van der Waals surface area contributed by atoms with Gasteiger partial charge in [-0.25, -0.2) is 4.72 Å². The summed E-state index contributed by atoms with van der Waals surface area (Å²) in [7, 11) is -4.22. The van der Waals surface area contributed by atoms with Crippen molar-refractivity contribution in [2.45, 2.75) is 20.0 Å². The molecule has 0 saturated carbocycles. The SMILES string of the molecule is CC(C)(CNS(=O)(=O)NCC(F)(F)F)C(N)=S. The van der Waals surface area contributed by atoms with Crippen LogP contribution in [-0.4, -0.2) is 32.7 Å². The van der Waals surface area contributed by atoms with Gasteiger partial charge in [0.25, 0.3) is 10.2 Å². The molecule has 0 spiro atoms. The number of rotatable bonds is 6. The molecule has 0 aliphatic heterocycles. The predicted octanol–water partition coefficient (Wildman–Crippen LogP) is 0.285. The van der Waals surface area contributed by atoms with Crippen molar-refractivity contribution in [1.82, 2.24) is 9.44 Å². The van der Waals surface area contributed by atoms with E-state index in [2.05, 4.69) is 12.2 Å². The summed E-state index contributed by atoms with van der Waals surface area (Å²) in [5, 5.41) is 0. The van der Waals surface area contributed by atoms with Crippen LogP contribution in [0.1, 0.15) is 13.8 Å². The summed E-state index contributed by atoms with van der Waals surface area (Å²) in [6.45, 7) is 1.33. The minimum absolute atomic E-state index is 0.0658. The van der Waals surface area contributed by atoms with E-state index >= 15 is 0 Å². The first kappa shape index (κ1) is 16.6. The van der Waals surface area contributed by atoms with E-state index < -0.39 is 28.3 Å². The maximum atomic E-state index is 11.8. The van der Waals surface area contributed by atoms with Crippen LogP contribution >= 0.6 is 12.2 Å². The van der Waals surface area contributed by atoms with Gasteiger partial charge in [0.1, 0.15) is 6.54 Å². The zero-order valence-corrected chi connectivity index (χ0v) is 10.9. The normalized spacial score (nSPS) is 13.7. The van der Waals surface area contributed by atoms with E-state index in [1.165, 1.54) is 4.72 Å². The molecular weight excluding hydrogens is 279 g/mol. The maximum Gasteiger partial charge on any atom is 0.402 e. The molecule has 17 heavy (non-hydrogen) atoms. The van der Waals surface area contributed by atoms with Crippen molar-refractivity contribution in [3.63, 3.8) is 0 Å². The van der Waals surface area contributed by atoms with Crippen molar-refractivity contribution in [3.05, 3.63) is 0 Å². The Morgan fingerprint density at radius 1 is 1.24 bits per heavy atom. The monoisotopic (exact) mass is 293 g/mol. The Kier molecular flexibility index (Phi) is 5.32. The Balaban J connectivity index is 4.34. The van der Waals surface area contributed by atoms with Crippen LogP contribution in [0.15, 0.2) is 0 Å². The summed E-state index contributed by atoms with van der Waals surface area (Å²) in [6, 6.07) is 0. The minimum Gasteiger partial charge on any atom is -0.393 e. The summed E-state index contributed by atoms with van der Waals surface area (Å²) >= 11 is 4.69. The van der Waals surface area contributed by atoms with Gasteiger partial charge >= 0.3 is 6.18 Å². The quantitative estimate of drug-likeness (QED) is 0.614. The number of nitrogens with two attached hydrogens (primary N) is 1. The average Bonchev–Trinajstić information content (AvgIpc) is 2.11. The van der Waals surface area contributed by atoms with Gasteiger partial charge in [-0.15, -0.1) is 0 Å². The third kappa shape index (κ3) is 7.47. The van der Waals surface area contributed by atoms with Gasteiger partial charge < -0.3 is 5.73 Å². The molecule has 0 bridgehead atoms. The topological polar surface area (TPSA) is 84.2 Å². The highest BCUT2D eigenvalue weighted by Crippen LogP contribution is 2.14. The summed E-state index contributed by atoms with van der Waals surface area (Å²) in [5.41, 5.74) is 4.52. The number of thiocarbonyl (C=S) groups is 1. The molecule has 0 unspecified atom stereocenters. The molecule has 0 aromatic carbocycles. The van der Waals surface area contributed by atoms with Gasteiger partial charge in [-0.05, 0) is 0 Å². The summed E-state index contributed by atoms with van der Waals surface area (Å²) in [6.07, 6.45) is -4.60. The standard InChI is InChI=1S/C7H14F3N3O2S2/c1-6(2,5(11)16)3-12-17(14,15)13-4-7(8,9)10/h12-13H,3-4H2,1-2H3,(H2,11,16). The lowest BCUT2D eigenvalue weighted by molar-refractivity contribution is -0.121.